The van der Waals surface area contributed by atoms with Crippen molar-refractivity contribution in [1.82, 2.24) is 4.57 Å². The number of methoxy groups -OCH3 is 1. The Kier molecular flexibility index (Phi) is 4.26. The molecule has 1 heterocycles. The number of aromatic nitrogens is 1. The second-order valence-electron chi connectivity index (χ2n) is 7.05. The zero-order valence-electron chi connectivity index (χ0n) is 15.4. The monoisotopic (exact) mass is 385 g/mol. The summed E-state index contributed by atoms with van der Waals surface area (Å²) in [4.78, 5) is 0. The molecule has 142 valence electrons. The van der Waals surface area contributed by atoms with Crippen LogP contribution in [-0.4, -0.2) is 26.4 Å². The van der Waals surface area contributed by atoms with Gasteiger partial charge in [-0.2, -0.15) is 0 Å². The van der Waals surface area contributed by atoms with E-state index in [-0.39, 0.29) is 0 Å². The molecule has 1 aromatic heterocycles. The maximum Gasteiger partial charge on any atom is 0.229 e. The average molecular weight is 385 g/mol. The maximum atomic E-state index is 11.4. The molecule has 1 saturated carbocycles. The van der Waals surface area contributed by atoms with Crippen molar-refractivity contribution in [1.29, 1.82) is 0 Å². The van der Waals surface area contributed by atoms with Gasteiger partial charge in [-0.25, -0.2) is 8.42 Å². The van der Waals surface area contributed by atoms with E-state index in [0.29, 0.717) is 11.7 Å². The highest BCUT2D eigenvalue weighted by molar-refractivity contribution is 7.92. The van der Waals surface area contributed by atoms with Crippen molar-refractivity contribution in [2.24, 2.45) is 0 Å². The van der Waals surface area contributed by atoms with Gasteiger partial charge >= 0.3 is 0 Å². The zero-order chi connectivity index (χ0) is 19.2. The summed E-state index contributed by atoms with van der Waals surface area (Å²) in [6.45, 7) is 0. The van der Waals surface area contributed by atoms with Gasteiger partial charge < -0.3 is 15.0 Å². The lowest BCUT2D eigenvalue weighted by molar-refractivity contribution is 0.324. The van der Waals surface area contributed by atoms with Gasteiger partial charge in [-0.3, -0.25) is 4.72 Å². The minimum Gasteiger partial charge on any atom is -0.497 e. The molecule has 0 unspecified atom stereocenters. The molecule has 0 atom stereocenters. The molecule has 1 aliphatic carbocycles. The van der Waals surface area contributed by atoms with E-state index in [2.05, 4.69) is 9.29 Å². The van der Waals surface area contributed by atoms with E-state index >= 15 is 0 Å². The quantitative estimate of drug-likeness (QED) is 0.695. The first-order valence-electron chi connectivity index (χ1n) is 8.93. The first kappa shape index (κ1) is 17.7. The molecule has 27 heavy (non-hydrogen) atoms. The molecule has 0 radical (unpaired) electrons. The van der Waals surface area contributed by atoms with E-state index in [4.69, 9.17) is 10.5 Å². The molecule has 0 aliphatic heterocycles. The first-order chi connectivity index (χ1) is 12.9. The summed E-state index contributed by atoms with van der Waals surface area (Å²) in [6, 6.07) is 13.7. The molecule has 7 heteroatoms. The van der Waals surface area contributed by atoms with Gasteiger partial charge in [-0.15, -0.1) is 0 Å². The van der Waals surface area contributed by atoms with Crippen LogP contribution in [-0.2, 0) is 10.0 Å². The molecule has 0 amide bonds. The van der Waals surface area contributed by atoms with E-state index in [0.717, 1.165) is 52.7 Å². The van der Waals surface area contributed by atoms with Gasteiger partial charge in [0.2, 0.25) is 10.0 Å². The topological polar surface area (TPSA) is 86.3 Å². The summed E-state index contributed by atoms with van der Waals surface area (Å²) >= 11 is 0. The zero-order valence-corrected chi connectivity index (χ0v) is 16.2. The van der Waals surface area contributed by atoms with Crippen molar-refractivity contribution >= 4 is 32.3 Å². The minimum absolute atomic E-state index is 0.417. The Morgan fingerprint density at radius 2 is 1.85 bits per heavy atom. The highest BCUT2D eigenvalue weighted by atomic mass is 32.2. The SMILES string of the molecule is COc1ccc2c(N)c(-c3ccc(NS(C)(=O)=O)cc3)n(C3CCC3)c2c1. The number of anilines is 2. The number of ether oxygens (including phenoxy) is 1. The highest BCUT2D eigenvalue weighted by Crippen LogP contribution is 2.44. The minimum atomic E-state index is -3.30. The molecule has 0 spiro atoms. The number of benzene rings is 2. The Balaban J connectivity index is 1.86. The van der Waals surface area contributed by atoms with Gasteiger partial charge in [0.05, 0.1) is 30.3 Å². The lowest BCUT2D eigenvalue weighted by Gasteiger charge is -2.30. The molecule has 4 rings (SSSR count). The number of nitrogen functional groups attached to an aromatic ring is 1. The van der Waals surface area contributed by atoms with Crippen molar-refractivity contribution in [3.63, 3.8) is 0 Å². The Morgan fingerprint density at radius 3 is 2.41 bits per heavy atom. The standard InChI is InChI=1S/C20H23N3O3S/c1-26-16-10-11-17-18(12-16)23(15-4-3-5-15)20(19(17)21)13-6-8-14(9-7-13)22-27(2,24)25/h6-12,15,22H,3-5,21H2,1-2H3. The average Bonchev–Trinajstić information content (AvgIpc) is 2.85. The molecule has 2 aromatic carbocycles. The highest BCUT2D eigenvalue weighted by Gasteiger charge is 2.27. The number of sulfonamides is 1. The third-order valence-corrected chi connectivity index (χ3v) is 5.76. The van der Waals surface area contributed by atoms with Gasteiger partial charge in [0, 0.05) is 28.7 Å². The third-order valence-electron chi connectivity index (χ3n) is 5.15. The normalized spacial score (nSPS) is 14.9. The molecule has 3 aromatic rings. The number of rotatable bonds is 5. The fourth-order valence-corrected chi connectivity index (χ4v) is 4.24. The van der Waals surface area contributed by atoms with Crippen molar-refractivity contribution in [3.8, 4) is 17.0 Å². The van der Waals surface area contributed by atoms with Gasteiger partial charge in [-0.1, -0.05) is 12.1 Å². The van der Waals surface area contributed by atoms with Crippen LogP contribution < -0.4 is 15.2 Å². The molecule has 0 saturated heterocycles. The third kappa shape index (κ3) is 3.23. The number of fused-ring (bicyclic) bond motifs is 1. The van der Waals surface area contributed by atoms with E-state index < -0.39 is 10.0 Å². The van der Waals surface area contributed by atoms with Gasteiger partial charge in [0.15, 0.2) is 0 Å². The predicted octanol–water partition coefficient (Wildman–Crippen LogP) is 4.00. The molecule has 1 fully saturated rings. The smallest absolute Gasteiger partial charge is 0.229 e. The van der Waals surface area contributed by atoms with Crippen LogP contribution in [0, 0.1) is 0 Å². The van der Waals surface area contributed by atoms with Crippen LogP contribution in [0.2, 0.25) is 0 Å². The largest absolute Gasteiger partial charge is 0.497 e. The first-order valence-corrected chi connectivity index (χ1v) is 10.8. The Hall–Kier alpha value is -2.67. The number of nitrogens with two attached hydrogens (primary N) is 1. The molecule has 0 bridgehead atoms. The fraction of sp³-hybridized carbons (Fsp3) is 0.300. The van der Waals surface area contributed by atoms with E-state index in [1.54, 1.807) is 19.2 Å². The maximum absolute atomic E-state index is 11.4. The van der Waals surface area contributed by atoms with Crippen molar-refractivity contribution in [2.45, 2.75) is 25.3 Å². The number of hydrogen-bond donors (Lipinski definition) is 2. The number of hydrogen-bond acceptors (Lipinski definition) is 4. The van der Waals surface area contributed by atoms with Crippen molar-refractivity contribution in [2.75, 3.05) is 23.8 Å². The molecule has 3 N–H and O–H groups in total. The molecular formula is C20H23N3O3S. The van der Waals surface area contributed by atoms with Gasteiger partial charge in [0.1, 0.15) is 5.75 Å². The van der Waals surface area contributed by atoms with Crippen LogP contribution in [0.5, 0.6) is 5.75 Å². The molecule has 1 aliphatic rings. The van der Waals surface area contributed by atoms with Gasteiger partial charge in [0.25, 0.3) is 0 Å². The van der Waals surface area contributed by atoms with Crippen molar-refractivity contribution in [3.05, 3.63) is 42.5 Å². The van der Waals surface area contributed by atoms with Crippen LogP contribution in [0.1, 0.15) is 25.3 Å². The van der Waals surface area contributed by atoms with Crippen LogP contribution in [0.15, 0.2) is 42.5 Å². The lowest BCUT2D eigenvalue weighted by atomic mass is 9.92. The Bertz CT molecular complexity index is 1100. The number of nitrogens with zero attached hydrogens (tertiary/aromatic N) is 1. The lowest BCUT2D eigenvalue weighted by Crippen LogP contribution is -2.18. The molecular weight excluding hydrogens is 362 g/mol. The predicted molar refractivity (Wildman–Crippen MR) is 110 cm³/mol. The summed E-state index contributed by atoms with van der Waals surface area (Å²) in [5.74, 6) is 0.805. The van der Waals surface area contributed by atoms with E-state index in [9.17, 15) is 8.42 Å². The second kappa shape index (κ2) is 6.49. The summed E-state index contributed by atoms with van der Waals surface area (Å²) in [5.41, 5.74) is 10.8. The summed E-state index contributed by atoms with van der Waals surface area (Å²) in [5, 5.41) is 1.01. The van der Waals surface area contributed by atoms with Crippen LogP contribution in [0.4, 0.5) is 11.4 Å². The Morgan fingerprint density at radius 1 is 1.15 bits per heavy atom. The van der Waals surface area contributed by atoms with E-state index in [1.807, 2.05) is 30.3 Å². The summed E-state index contributed by atoms with van der Waals surface area (Å²) in [6.07, 6.45) is 4.61. The number of nitrogens with one attached hydrogen (secondary N) is 1. The van der Waals surface area contributed by atoms with Crippen LogP contribution in [0.3, 0.4) is 0 Å². The second-order valence-corrected chi connectivity index (χ2v) is 8.80. The fourth-order valence-electron chi connectivity index (χ4n) is 3.67. The van der Waals surface area contributed by atoms with Crippen LogP contribution in [0.25, 0.3) is 22.2 Å². The van der Waals surface area contributed by atoms with Crippen molar-refractivity contribution < 1.29 is 13.2 Å². The molecule has 6 nitrogen and oxygen atoms in total. The van der Waals surface area contributed by atoms with Gasteiger partial charge in [-0.05, 0) is 43.5 Å². The Labute approximate surface area is 159 Å². The summed E-state index contributed by atoms with van der Waals surface area (Å²) < 4.78 is 33.1. The summed E-state index contributed by atoms with van der Waals surface area (Å²) in [7, 11) is -1.64. The van der Waals surface area contributed by atoms with E-state index in [1.165, 1.54) is 6.42 Å². The van der Waals surface area contributed by atoms with Crippen LogP contribution >= 0.6 is 0 Å².